The van der Waals surface area contributed by atoms with E-state index in [9.17, 15) is 19.2 Å². The zero-order valence-electron chi connectivity index (χ0n) is 20.6. The number of aliphatic carboxylic acids is 1. The molecule has 0 radical (unpaired) electrons. The lowest BCUT2D eigenvalue weighted by molar-refractivity contribution is -0.295. The van der Waals surface area contributed by atoms with Crippen LogP contribution >= 0.6 is 12.4 Å². The van der Waals surface area contributed by atoms with Gasteiger partial charge in [0.25, 0.3) is 0 Å². The van der Waals surface area contributed by atoms with E-state index in [1.165, 1.54) is 14.2 Å². The summed E-state index contributed by atoms with van der Waals surface area (Å²) < 4.78 is 20.9. The standard InChI is InChI=1S/C14H24O6.C5H6O3.CH4.ClH.H4N6/c1-9(2)19-11(15)13(12(16)20-10(3)4)7-14(8-13,17-5)18-6;6-4-1-3(2-4)5(7)8;;;1-3-5-6-4-2/h9-10H,7-8H2,1-6H3;3H,1-2H2,(H,7,8);1H4;1H;(H2,1,4,5)(H2,2,3,6). The summed E-state index contributed by atoms with van der Waals surface area (Å²) in [6, 6.07) is 0. The molecule has 0 heterocycles. The molecule has 16 heteroatoms. The highest BCUT2D eigenvalue weighted by molar-refractivity contribution is 6.01. The number of nitrogens with zero attached hydrogens (tertiary/aromatic N) is 4. The molecule has 0 atom stereocenters. The van der Waals surface area contributed by atoms with Crippen molar-refractivity contribution < 1.29 is 43.2 Å². The Morgan fingerprint density at radius 1 is 0.917 bits per heavy atom. The molecular weight excluding hydrogens is 504 g/mol. The summed E-state index contributed by atoms with van der Waals surface area (Å²) in [5.74, 6) is 5.69. The van der Waals surface area contributed by atoms with Gasteiger partial charge in [-0.05, 0) is 38.1 Å². The van der Waals surface area contributed by atoms with Gasteiger partial charge in [0, 0.05) is 39.9 Å². The summed E-state index contributed by atoms with van der Waals surface area (Å²) in [5.41, 5.74) is -1.33. The molecule has 0 spiro atoms. The maximum absolute atomic E-state index is 12.3. The summed E-state index contributed by atoms with van der Waals surface area (Å²) in [5, 5.41) is 19.3. The highest BCUT2D eigenvalue weighted by Gasteiger charge is 2.67. The number of esters is 2. The van der Waals surface area contributed by atoms with Gasteiger partial charge in [-0.15, -0.1) is 12.4 Å². The number of Topliss-reactive ketones (excluding diaryl/α,β-unsaturated/α-hetero) is 1. The maximum Gasteiger partial charge on any atom is 0.324 e. The van der Waals surface area contributed by atoms with Crippen molar-refractivity contribution in [2.75, 3.05) is 14.2 Å². The SMILES string of the molecule is C.COC1(OC)CC(C(=O)OC(C)C)(C(=O)OC(C)C)C1.Cl.N/N=N/N=N/N.O=C1CC(C(=O)O)C1. The lowest BCUT2D eigenvalue weighted by Crippen LogP contribution is -2.62. The largest absolute Gasteiger partial charge is 0.481 e. The first-order chi connectivity index (χ1) is 15.8. The zero-order valence-corrected chi connectivity index (χ0v) is 21.4. The molecule has 0 aromatic carbocycles. The third kappa shape index (κ3) is 11.2. The molecule has 0 unspecified atom stereocenters. The molecule has 5 N–H and O–H groups in total. The molecule has 2 aliphatic rings. The Hall–Kier alpha value is -2.91. The molecule has 0 aromatic heterocycles. The summed E-state index contributed by atoms with van der Waals surface area (Å²) in [6.45, 7) is 6.94. The summed E-state index contributed by atoms with van der Waals surface area (Å²) >= 11 is 0. The molecule has 0 aliphatic heterocycles. The Morgan fingerprint density at radius 3 is 1.47 bits per heavy atom. The number of carboxylic acids is 1. The topological polar surface area (TPSA) is 227 Å². The van der Waals surface area contributed by atoms with Gasteiger partial charge in [0.15, 0.2) is 11.2 Å². The lowest BCUT2D eigenvalue weighted by atomic mass is 9.64. The number of nitrogens with two attached hydrogens (primary N) is 2. The zero-order chi connectivity index (χ0) is 26.5. The van der Waals surface area contributed by atoms with Crippen LogP contribution < -0.4 is 11.7 Å². The first-order valence-electron chi connectivity index (χ1n) is 10.3. The van der Waals surface area contributed by atoms with Crippen molar-refractivity contribution in [3.63, 3.8) is 0 Å². The van der Waals surface area contributed by atoms with Gasteiger partial charge in [-0.25, -0.2) is 0 Å². The number of carbonyl (C=O) groups excluding carboxylic acids is 3. The number of hydrogen-bond acceptors (Lipinski definition) is 10. The van der Waals surface area contributed by atoms with Crippen LogP contribution in [0, 0.1) is 11.3 Å². The Labute approximate surface area is 216 Å². The van der Waals surface area contributed by atoms with Crippen LogP contribution in [0.25, 0.3) is 0 Å². The van der Waals surface area contributed by atoms with Gasteiger partial charge < -0.3 is 35.7 Å². The highest BCUT2D eigenvalue weighted by atomic mass is 35.5. The number of rotatable bonds is 8. The predicted octanol–water partition coefficient (Wildman–Crippen LogP) is 2.32. The van der Waals surface area contributed by atoms with Crippen LogP contribution in [-0.2, 0) is 38.1 Å². The van der Waals surface area contributed by atoms with Crippen LogP contribution in [0.15, 0.2) is 20.9 Å². The van der Waals surface area contributed by atoms with Gasteiger partial charge in [-0.2, -0.15) is 0 Å². The Balaban J connectivity index is -0.000000562. The van der Waals surface area contributed by atoms with Crippen molar-refractivity contribution in [1.29, 1.82) is 0 Å². The van der Waals surface area contributed by atoms with Crippen LogP contribution in [0.5, 0.6) is 0 Å². The number of methoxy groups -OCH3 is 2. The maximum atomic E-state index is 12.3. The van der Waals surface area contributed by atoms with Crippen molar-refractivity contribution in [3.8, 4) is 0 Å². The summed E-state index contributed by atoms with van der Waals surface area (Å²) in [6.07, 6.45) is 0.0939. The second-order valence-electron chi connectivity index (χ2n) is 8.05. The molecule has 36 heavy (non-hydrogen) atoms. The van der Waals surface area contributed by atoms with Crippen LogP contribution in [0.1, 0.15) is 60.8 Å². The van der Waals surface area contributed by atoms with Gasteiger partial charge in [0.05, 0.1) is 18.1 Å². The van der Waals surface area contributed by atoms with Gasteiger partial charge in [-0.1, -0.05) is 17.9 Å². The van der Waals surface area contributed by atoms with Crippen LogP contribution in [0.4, 0.5) is 0 Å². The average molecular weight is 543 g/mol. The van der Waals surface area contributed by atoms with E-state index < -0.39 is 29.1 Å². The van der Waals surface area contributed by atoms with Crippen molar-refractivity contribution in [1.82, 2.24) is 0 Å². The van der Waals surface area contributed by atoms with E-state index in [0.29, 0.717) is 0 Å². The van der Waals surface area contributed by atoms with Gasteiger partial charge in [-0.3, -0.25) is 19.2 Å². The van der Waals surface area contributed by atoms with E-state index >= 15 is 0 Å². The molecule has 15 nitrogen and oxygen atoms in total. The number of carbonyl (C=O) groups is 4. The normalized spacial score (nSPS) is 17.3. The molecule has 0 bridgehead atoms. The van der Waals surface area contributed by atoms with Crippen molar-refractivity contribution in [3.05, 3.63) is 0 Å². The number of carboxylic acid groups (broad SMARTS) is 1. The number of ketones is 1. The minimum absolute atomic E-state index is 0. The quantitative estimate of drug-likeness (QED) is 0.101. The minimum atomic E-state index is -1.33. The Morgan fingerprint density at radius 2 is 1.28 bits per heavy atom. The van der Waals surface area contributed by atoms with Crippen LogP contribution in [0.2, 0.25) is 0 Å². The van der Waals surface area contributed by atoms with E-state index in [2.05, 4.69) is 32.6 Å². The molecule has 2 fully saturated rings. The molecule has 0 aromatic rings. The third-order valence-corrected chi connectivity index (χ3v) is 4.79. The first-order valence-corrected chi connectivity index (χ1v) is 10.3. The van der Waals surface area contributed by atoms with Gasteiger partial charge in [0.1, 0.15) is 5.78 Å². The fourth-order valence-corrected chi connectivity index (χ4v) is 2.98. The van der Waals surface area contributed by atoms with E-state index in [4.69, 9.17) is 24.1 Å². The van der Waals surface area contributed by atoms with E-state index in [1.807, 2.05) is 0 Å². The number of ether oxygens (including phenoxy) is 4. The molecule has 2 rings (SSSR count). The van der Waals surface area contributed by atoms with E-state index in [0.717, 1.165) is 0 Å². The third-order valence-electron chi connectivity index (χ3n) is 4.79. The first kappa shape index (κ1) is 37.6. The van der Waals surface area contributed by atoms with Crippen LogP contribution in [-0.4, -0.2) is 61.0 Å². The molecule has 0 saturated heterocycles. The lowest BCUT2D eigenvalue weighted by Gasteiger charge is -2.50. The fourth-order valence-electron chi connectivity index (χ4n) is 2.98. The van der Waals surface area contributed by atoms with Crippen LogP contribution in [0.3, 0.4) is 0 Å². The highest BCUT2D eigenvalue weighted by Crippen LogP contribution is 2.52. The number of hydrogen-bond donors (Lipinski definition) is 3. The van der Waals surface area contributed by atoms with E-state index in [-0.39, 0.29) is 69.4 Å². The van der Waals surface area contributed by atoms with Gasteiger partial charge in [0.2, 0.25) is 0 Å². The second kappa shape index (κ2) is 17.5. The van der Waals surface area contributed by atoms with Crippen molar-refractivity contribution >= 4 is 36.1 Å². The molecule has 210 valence electrons. The monoisotopic (exact) mass is 542 g/mol. The van der Waals surface area contributed by atoms with Crippen molar-refractivity contribution in [2.24, 2.45) is 43.9 Å². The average Bonchev–Trinajstić information content (AvgIpc) is 2.70. The molecule has 2 saturated carbocycles. The van der Waals surface area contributed by atoms with Crippen molar-refractivity contribution in [2.45, 2.75) is 78.8 Å². The molecular formula is C20H39ClN6O9. The second-order valence-corrected chi connectivity index (χ2v) is 8.05. The smallest absolute Gasteiger partial charge is 0.324 e. The van der Waals surface area contributed by atoms with E-state index in [1.54, 1.807) is 27.7 Å². The molecule has 0 amide bonds. The Kier molecular flexibility index (Phi) is 18.3. The Bertz CT molecular complexity index is 723. The fraction of sp³-hybridized carbons (Fsp3) is 0.800. The van der Waals surface area contributed by atoms with Gasteiger partial charge >= 0.3 is 17.9 Å². The predicted molar refractivity (Wildman–Crippen MR) is 128 cm³/mol. The summed E-state index contributed by atoms with van der Waals surface area (Å²) in [7, 11) is 2.96. The number of halogens is 1. The summed E-state index contributed by atoms with van der Waals surface area (Å²) in [4.78, 5) is 44.7. The molecule has 2 aliphatic carbocycles. The minimum Gasteiger partial charge on any atom is -0.481 e.